The number of nitrogens with one attached hydrogen (secondary N) is 2. The first-order valence-electron chi connectivity index (χ1n) is 5.96. The van der Waals surface area contributed by atoms with Crippen LogP contribution in [0.15, 0.2) is 24.3 Å². The first-order chi connectivity index (χ1) is 8.02. The molecule has 0 aliphatic heterocycles. The molecule has 0 aliphatic carbocycles. The monoisotopic (exact) mass is 235 g/mol. The van der Waals surface area contributed by atoms with Crippen LogP contribution in [0.4, 0.5) is 16.2 Å². The highest BCUT2D eigenvalue weighted by Gasteiger charge is 2.13. The van der Waals surface area contributed by atoms with E-state index in [4.69, 9.17) is 5.73 Å². The number of nitrogens with two attached hydrogens (primary N) is 1. The van der Waals surface area contributed by atoms with Crippen molar-refractivity contribution in [3.05, 3.63) is 24.3 Å². The summed E-state index contributed by atoms with van der Waals surface area (Å²) in [5.41, 5.74) is 6.99. The van der Waals surface area contributed by atoms with Crippen LogP contribution >= 0.6 is 0 Å². The minimum Gasteiger partial charge on any atom is -0.399 e. The van der Waals surface area contributed by atoms with Crippen LogP contribution in [0.5, 0.6) is 0 Å². The summed E-state index contributed by atoms with van der Waals surface area (Å²) in [5.74, 6) is 0.423. The van der Waals surface area contributed by atoms with Gasteiger partial charge in [0.25, 0.3) is 0 Å². The van der Waals surface area contributed by atoms with E-state index in [2.05, 4.69) is 31.4 Å². The third kappa shape index (κ3) is 4.34. The second-order valence-electron chi connectivity index (χ2n) is 4.48. The average Bonchev–Trinajstić information content (AvgIpc) is 2.25. The van der Waals surface area contributed by atoms with E-state index in [0.717, 1.165) is 6.42 Å². The van der Waals surface area contributed by atoms with E-state index in [1.807, 2.05) is 12.1 Å². The Kier molecular flexibility index (Phi) is 4.82. The summed E-state index contributed by atoms with van der Waals surface area (Å²) in [6.07, 6.45) is 0.919. The lowest BCUT2D eigenvalue weighted by Crippen LogP contribution is -2.40. The molecule has 2 amide bonds. The van der Waals surface area contributed by atoms with Crippen molar-refractivity contribution >= 4 is 17.4 Å². The summed E-state index contributed by atoms with van der Waals surface area (Å²) < 4.78 is 0. The van der Waals surface area contributed by atoms with Crippen LogP contribution in [0, 0.1) is 5.92 Å². The molecule has 0 saturated heterocycles. The average molecular weight is 235 g/mol. The molecule has 1 unspecified atom stereocenters. The van der Waals surface area contributed by atoms with E-state index in [9.17, 15) is 4.79 Å². The van der Waals surface area contributed by atoms with E-state index >= 15 is 0 Å². The number of amides is 2. The third-order valence-corrected chi connectivity index (χ3v) is 2.71. The topological polar surface area (TPSA) is 67.2 Å². The number of anilines is 2. The summed E-state index contributed by atoms with van der Waals surface area (Å²) in [4.78, 5) is 11.7. The molecule has 4 heteroatoms. The minimum atomic E-state index is -0.184. The molecule has 0 aromatic heterocycles. The molecule has 0 saturated carbocycles. The quantitative estimate of drug-likeness (QED) is 0.702. The van der Waals surface area contributed by atoms with Gasteiger partial charge < -0.3 is 16.4 Å². The molecule has 17 heavy (non-hydrogen) atoms. The van der Waals surface area contributed by atoms with Gasteiger partial charge >= 0.3 is 6.03 Å². The highest BCUT2D eigenvalue weighted by molar-refractivity contribution is 5.89. The highest BCUT2D eigenvalue weighted by Crippen LogP contribution is 2.12. The summed E-state index contributed by atoms with van der Waals surface area (Å²) in [7, 11) is 0. The van der Waals surface area contributed by atoms with Crippen molar-refractivity contribution in [3.63, 3.8) is 0 Å². The van der Waals surface area contributed by atoms with E-state index in [-0.39, 0.29) is 12.1 Å². The van der Waals surface area contributed by atoms with Crippen LogP contribution in [0.2, 0.25) is 0 Å². The van der Waals surface area contributed by atoms with Gasteiger partial charge in [-0.15, -0.1) is 0 Å². The molecule has 0 bridgehead atoms. The van der Waals surface area contributed by atoms with Crippen molar-refractivity contribution in [1.82, 2.24) is 5.32 Å². The number of hydrogen-bond donors (Lipinski definition) is 3. The van der Waals surface area contributed by atoms with Crippen LogP contribution in [-0.2, 0) is 0 Å². The van der Waals surface area contributed by atoms with Gasteiger partial charge in [0.2, 0.25) is 0 Å². The molecule has 0 radical (unpaired) electrons. The molecule has 1 rings (SSSR count). The Balaban J connectivity index is 2.55. The number of urea groups is 1. The van der Waals surface area contributed by atoms with Crippen LogP contribution in [0.3, 0.4) is 0 Å². The van der Waals surface area contributed by atoms with E-state index < -0.39 is 0 Å². The molecule has 0 aliphatic rings. The number of rotatable bonds is 4. The molecule has 0 heterocycles. The van der Waals surface area contributed by atoms with Crippen molar-refractivity contribution in [2.45, 2.75) is 33.2 Å². The maximum absolute atomic E-state index is 11.7. The maximum atomic E-state index is 11.7. The van der Waals surface area contributed by atoms with Crippen molar-refractivity contribution in [2.75, 3.05) is 11.1 Å². The minimum absolute atomic E-state index is 0.184. The molecule has 1 aromatic rings. The Morgan fingerprint density at radius 3 is 2.65 bits per heavy atom. The number of benzene rings is 1. The van der Waals surface area contributed by atoms with Gasteiger partial charge in [-0.25, -0.2) is 4.79 Å². The van der Waals surface area contributed by atoms with Gasteiger partial charge in [0.15, 0.2) is 0 Å². The fourth-order valence-corrected chi connectivity index (χ4v) is 1.69. The first kappa shape index (κ1) is 13.4. The molecule has 0 fully saturated rings. The summed E-state index contributed by atoms with van der Waals surface area (Å²) in [6, 6.07) is 7.14. The van der Waals surface area contributed by atoms with Gasteiger partial charge in [0, 0.05) is 17.4 Å². The Morgan fingerprint density at radius 1 is 1.41 bits per heavy atom. The third-order valence-electron chi connectivity index (χ3n) is 2.71. The van der Waals surface area contributed by atoms with E-state index in [0.29, 0.717) is 17.3 Å². The summed E-state index contributed by atoms with van der Waals surface area (Å²) >= 11 is 0. The number of carbonyl (C=O) groups excluding carboxylic acids is 1. The Bertz CT molecular complexity index is 377. The molecule has 0 spiro atoms. The normalized spacial score (nSPS) is 12.2. The van der Waals surface area contributed by atoms with Gasteiger partial charge in [-0.05, 0) is 30.5 Å². The summed E-state index contributed by atoms with van der Waals surface area (Å²) in [6.45, 7) is 6.25. The Labute approximate surface area is 103 Å². The lowest BCUT2D eigenvalue weighted by molar-refractivity contribution is 0.244. The largest absolute Gasteiger partial charge is 0.399 e. The van der Waals surface area contributed by atoms with Crippen LogP contribution in [0.1, 0.15) is 27.2 Å². The van der Waals surface area contributed by atoms with Crippen molar-refractivity contribution in [2.24, 2.45) is 5.92 Å². The van der Waals surface area contributed by atoms with Gasteiger partial charge in [-0.2, -0.15) is 0 Å². The first-order valence-corrected chi connectivity index (χ1v) is 5.96. The Hall–Kier alpha value is -1.71. The zero-order valence-electron chi connectivity index (χ0n) is 10.7. The van der Waals surface area contributed by atoms with Crippen LogP contribution in [-0.4, -0.2) is 12.1 Å². The predicted octanol–water partition coefficient (Wildman–Crippen LogP) is 2.82. The molecule has 1 aromatic carbocycles. The second kappa shape index (κ2) is 6.13. The lowest BCUT2D eigenvalue weighted by Gasteiger charge is -2.20. The number of nitrogen functional groups attached to an aromatic ring is 1. The standard InChI is InChI=1S/C13H21N3O/c1-4-12(9(2)3)16-13(17)15-11-7-5-6-10(14)8-11/h5-9,12H,4,14H2,1-3H3,(H2,15,16,17). The predicted molar refractivity (Wildman–Crippen MR) is 71.9 cm³/mol. The van der Waals surface area contributed by atoms with E-state index in [1.54, 1.807) is 12.1 Å². The lowest BCUT2D eigenvalue weighted by atomic mass is 10.0. The molecule has 4 nitrogen and oxygen atoms in total. The number of hydrogen-bond acceptors (Lipinski definition) is 2. The number of carbonyl (C=O) groups is 1. The Morgan fingerprint density at radius 2 is 2.12 bits per heavy atom. The summed E-state index contributed by atoms with van der Waals surface area (Å²) in [5, 5.41) is 5.72. The van der Waals surface area contributed by atoms with Gasteiger partial charge in [0.1, 0.15) is 0 Å². The van der Waals surface area contributed by atoms with Gasteiger partial charge in [0.05, 0.1) is 0 Å². The second-order valence-corrected chi connectivity index (χ2v) is 4.48. The van der Waals surface area contributed by atoms with Crippen molar-refractivity contribution in [3.8, 4) is 0 Å². The fourth-order valence-electron chi connectivity index (χ4n) is 1.69. The molecule has 4 N–H and O–H groups in total. The van der Waals surface area contributed by atoms with Crippen LogP contribution in [0.25, 0.3) is 0 Å². The van der Waals surface area contributed by atoms with E-state index in [1.165, 1.54) is 0 Å². The fraction of sp³-hybridized carbons (Fsp3) is 0.462. The molecule has 1 atom stereocenters. The SMILES string of the molecule is CCC(NC(=O)Nc1cccc(N)c1)C(C)C. The molecular formula is C13H21N3O. The van der Waals surface area contributed by atoms with Crippen molar-refractivity contribution < 1.29 is 4.79 Å². The van der Waals surface area contributed by atoms with Gasteiger partial charge in [-0.3, -0.25) is 0 Å². The zero-order chi connectivity index (χ0) is 12.8. The smallest absolute Gasteiger partial charge is 0.319 e. The molecular weight excluding hydrogens is 214 g/mol. The van der Waals surface area contributed by atoms with Crippen LogP contribution < -0.4 is 16.4 Å². The van der Waals surface area contributed by atoms with Gasteiger partial charge in [-0.1, -0.05) is 26.8 Å². The zero-order valence-corrected chi connectivity index (χ0v) is 10.7. The highest BCUT2D eigenvalue weighted by atomic mass is 16.2. The molecule has 94 valence electrons. The van der Waals surface area contributed by atoms with Crippen molar-refractivity contribution in [1.29, 1.82) is 0 Å². The maximum Gasteiger partial charge on any atom is 0.319 e.